The number of aryl methyl sites for hydroxylation is 1. The van der Waals surface area contributed by atoms with Crippen LogP contribution in [0.3, 0.4) is 0 Å². The van der Waals surface area contributed by atoms with Crippen LogP contribution in [0.25, 0.3) is 16.9 Å². The number of carbonyl (C=O) groups is 1. The van der Waals surface area contributed by atoms with Gasteiger partial charge in [-0.2, -0.15) is 0 Å². The highest BCUT2D eigenvalue weighted by Gasteiger charge is 2.20. The maximum Gasteiger partial charge on any atom is 0.253 e. The lowest BCUT2D eigenvalue weighted by atomic mass is 10.1. The van der Waals surface area contributed by atoms with Gasteiger partial charge in [0.05, 0.1) is 5.69 Å². The van der Waals surface area contributed by atoms with Crippen molar-refractivity contribution in [2.45, 2.75) is 38.6 Å². The molecule has 1 amide bonds. The van der Waals surface area contributed by atoms with Crippen molar-refractivity contribution in [2.24, 2.45) is 0 Å². The summed E-state index contributed by atoms with van der Waals surface area (Å²) in [5, 5.41) is 0. The molecule has 0 unspecified atom stereocenters. The number of benzene rings is 3. The Morgan fingerprint density at radius 2 is 1.48 bits per heavy atom. The Morgan fingerprint density at radius 3 is 2.21 bits per heavy atom. The first-order valence-electron chi connectivity index (χ1n) is 11.9. The number of nitrogens with zero attached hydrogens (tertiary/aromatic N) is 2. The van der Waals surface area contributed by atoms with Crippen LogP contribution in [0, 0.1) is 0 Å². The Labute approximate surface area is 196 Å². The van der Waals surface area contributed by atoms with Crippen molar-refractivity contribution in [2.75, 3.05) is 7.05 Å². The largest absolute Gasteiger partial charge is 0.337 e. The van der Waals surface area contributed by atoms with Gasteiger partial charge >= 0.3 is 0 Å². The van der Waals surface area contributed by atoms with E-state index < -0.39 is 0 Å². The van der Waals surface area contributed by atoms with Gasteiger partial charge in [-0.25, -0.2) is 0 Å². The second-order valence-electron chi connectivity index (χ2n) is 8.96. The SMILES string of the molecule is CN(Cc1ccccc1)C(=O)c1ccc(-n2c(-c3ccccc3)cc3c2CCCCC3)cc1. The molecule has 4 aromatic rings. The molecule has 5 rings (SSSR count). The molecule has 0 fully saturated rings. The van der Waals surface area contributed by atoms with Crippen molar-refractivity contribution in [3.63, 3.8) is 0 Å². The maximum atomic E-state index is 13.0. The first-order valence-corrected chi connectivity index (χ1v) is 11.9. The lowest BCUT2D eigenvalue weighted by Gasteiger charge is -2.18. The number of amides is 1. The van der Waals surface area contributed by atoms with Gasteiger partial charge in [0, 0.05) is 30.5 Å². The lowest BCUT2D eigenvalue weighted by molar-refractivity contribution is 0.0785. The van der Waals surface area contributed by atoms with Crippen molar-refractivity contribution in [3.05, 3.63) is 113 Å². The summed E-state index contributed by atoms with van der Waals surface area (Å²) in [6, 6.07) is 31.3. The molecule has 3 nitrogen and oxygen atoms in total. The van der Waals surface area contributed by atoms with E-state index in [-0.39, 0.29) is 5.91 Å². The molecular weight excluding hydrogens is 404 g/mol. The lowest BCUT2D eigenvalue weighted by Crippen LogP contribution is -2.26. The Morgan fingerprint density at radius 1 is 0.818 bits per heavy atom. The minimum atomic E-state index is 0.0417. The van der Waals surface area contributed by atoms with Crippen LogP contribution in [0.4, 0.5) is 0 Å². The number of carbonyl (C=O) groups excluding carboxylic acids is 1. The molecule has 1 aliphatic carbocycles. The fourth-order valence-corrected chi connectivity index (χ4v) is 4.89. The molecule has 0 bridgehead atoms. The monoisotopic (exact) mass is 434 g/mol. The van der Waals surface area contributed by atoms with Gasteiger partial charge in [-0.1, -0.05) is 67.1 Å². The minimum absolute atomic E-state index is 0.0417. The number of fused-ring (bicyclic) bond motifs is 1. The highest BCUT2D eigenvalue weighted by molar-refractivity contribution is 5.94. The Bertz CT molecular complexity index is 1220. The van der Waals surface area contributed by atoms with E-state index in [9.17, 15) is 4.79 Å². The standard InChI is InChI=1S/C30H30N2O/c1-31(22-23-11-5-2-6-12-23)30(33)25-17-19-27(20-18-25)32-28-16-10-4-9-15-26(28)21-29(32)24-13-7-3-8-14-24/h2-3,5-8,11-14,17-21H,4,9-10,15-16,22H2,1H3. The molecule has 1 aromatic heterocycles. The highest BCUT2D eigenvalue weighted by atomic mass is 16.2. The van der Waals surface area contributed by atoms with Gasteiger partial charge in [0.2, 0.25) is 0 Å². The van der Waals surface area contributed by atoms with Crippen LogP contribution in [0.15, 0.2) is 91.0 Å². The smallest absolute Gasteiger partial charge is 0.253 e. The van der Waals surface area contributed by atoms with Crippen LogP contribution in [-0.2, 0) is 19.4 Å². The molecule has 33 heavy (non-hydrogen) atoms. The number of hydrogen-bond acceptors (Lipinski definition) is 1. The third-order valence-corrected chi connectivity index (χ3v) is 6.60. The van der Waals surface area contributed by atoms with Crippen LogP contribution >= 0.6 is 0 Å². The second-order valence-corrected chi connectivity index (χ2v) is 8.96. The van der Waals surface area contributed by atoms with Crippen molar-refractivity contribution in [3.8, 4) is 16.9 Å². The Hall–Kier alpha value is -3.59. The zero-order valence-electron chi connectivity index (χ0n) is 19.2. The molecular formula is C30H30N2O. The topological polar surface area (TPSA) is 25.2 Å². The molecule has 1 aliphatic rings. The summed E-state index contributed by atoms with van der Waals surface area (Å²) in [5.74, 6) is 0.0417. The molecule has 3 heteroatoms. The van der Waals surface area contributed by atoms with Gasteiger partial charge in [-0.15, -0.1) is 0 Å². The molecule has 166 valence electrons. The third-order valence-electron chi connectivity index (χ3n) is 6.60. The number of hydrogen-bond donors (Lipinski definition) is 0. The fourth-order valence-electron chi connectivity index (χ4n) is 4.89. The van der Waals surface area contributed by atoms with E-state index in [1.807, 2.05) is 37.4 Å². The first-order chi connectivity index (χ1) is 16.2. The van der Waals surface area contributed by atoms with Gasteiger partial charge in [0.25, 0.3) is 5.91 Å². The second kappa shape index (κ2) is 9.50. The average molecular weight is 435 g/mol. The maximum absolute atomic E-state index is 13.0. The van der Waals surface area contributed by atoms with Gasteiger partial charge in [-0.3, -0.25) is 4.79 Å². The summed E-state index contributed by atoms with van der Waals surface area (Å²) in [4.78, 5) is 14.8. The van der Waals surface area contributed by atoms with Crippen molar-refractivity contribution in [1.29, 1.82) is 0 Å². The van der Waals surface area contributed by atoms with Crippen LogP contribution in [0.1, 0.15) is 46.4 Å². The molecule has 0 N–H and O–H groups in total. The van der Waals surface area contributed by atoms with Crippen LogP contribution in [-0.4, -0.2) is 22.4 Å². The van der Waals surface area contributed by atoms with Gasteiger partial charge in [0.15, 0.2) is 0 Å². The molecule has 0 radical (unpaired) electrons. The molecule has 0 aliphatic heterocycles. The van der Waals surface area contributed by atoms with Crippen LogP contribution in [0.5, 0.6) is 0 Å². The predicted octanol–water partition coefficient (Wildman–Crippen LogP) is 6.69. The molecule has 0 spiro atoms. The number of rotatable bonds is 5. The van der Waals surface area contributed by atoms with Gasteiger partial charge in [-0.05, 0) is 72.7 Å². The summed E-state index contributed by atoms with van der Waals surface area (Å²) in [6.45, 7) is 0.602. The molecule has 0 saturated heterocycles. The van der Waals surface area contributed by atoms with Crippen LogP contribution in [0.2, 0.25) is 0 Å². The Balaban J connectivity index is 1.46. The summed E-state index contributed by atoms with van der Waals surface area (Å²) in [5.41, 5.74) is 8.33. The quantitative estimate of drug-likeness (QED) is 0.321. The normalized spacial score (nSPS) is 13.2. The molecule has 0 saturated carbocycles. The highest BCUT2D eigenvalue weighted by Crippen LogP contribution is 2.33. The molecule has 0 atom stereocenters. The van der Waals surface area contributed by atoms with E-state index in [1.165, 1.54) is 41.8 Å². The zero-order chi connectivity index (χ0) is 22.6. The van der Waals surface area contributed by atoms with E-state index in [2.05, 4.69) is 65.2 Å². The zero-order valence-corrected chi connectivity index (χ0v) is 19.2. The van der Waals surface area contributed by atoms with E-state index in [0.29, 0.717) is 6.54 Å². The fraction of sp³-hybridized carbons (Fsp3) is 0.233. The predicted molar refractivity (Wildman–Crippen MR) is 135 cm³/mol. The summed E-state index contributed by atoms with van der Waals surface area (Å²) >= 11 is 0. The average Bonchev–Trinajstić information content (AvgIpc) is 3.07. The summed E-state index contributed by atoms with van der Waals surface area (Å²) in [7, 11) is 1.86. The van der Waals surface area contributed by atoms with Crippen LogP contribution < -0.4 is 0 Å². The molecule has 3 aromatic carbocycles. The van der Waals surface area contributed by atoms with Gasteiger partial charge < -0.3 is 9.47 Å². The minimum Gasteiger partial charge on any atom is -0.337 e. The summed E-state index contributed by atoms with van der Waals surface area (Å²) < 4.78 is 2.41. The van der Waals surface area contributed by atoms with Crippen molar-refractivity contribution >= 4 is 5.91 Å². The van der Waals surface area contributed by atoms with E-state index in [0.717, 1.165) is 29.7 Å². The molecule has 1 heterocycles. The van der Waals surface area contributed by atoms with Crippen molar-refractivity contribution in [1.82, 2.24) is 9.47 Å². The summed E-state index contributed by atoms with van der Waals surface area (Å²) in [6.07, 6.45) is 6.01. The first kappa shape index (κ1) is 21.3. The number of aromatic nitrogens is 1. The third kappa shape index (κ3) is 4.49. The van der Waals surface area contributed by atoms with E-state index in [4.69, 9.17) is 0 Å². The van der Waals surface area contributed by atoms with E-state index >= 15 is 0 Å². The van der Waals surface area contributed by atoms with Crippen molar-refractivity contribution < 1.29 is 4.79 Å². The van der Waals surface area contributed by atoms with Gasteiger partial charge in [0.1, 0.15) is 0 Å². The van der Waals surface area contributed by atoms with E-state index in [1.54, 1.807) is 4.90 Å². The Kier molecular flexibility index (Phi) is 6.12.